The van der Waals surface area contributed by atoms with Crippen molar-refractivity contribution in [2.24, 2.45) is 5.73 Å². The number of methoxy groups -OCH3 is 1. The third kappa shape index (κ3) is 5.63. The first-order valence-corrected chi connectivity index (χ1v) is 8.70. The van der Waals surface area contributed by atoms with E-state index in [2.05, 4.69) is 20.3 Å². The first-order valence-electron chi connectivity index (χ1n) is 7.89. The largest absolute Gasteiger partial charge is 0.490 e. The van der Waals surface area contributed by atoms with Crippen LogP contribution in [-0.4, -0.2) is 69.4 Å². The molecular formula is C14H17F3N6O4S. The second-order valence-corrected chi connectivity index (χ2v) is 6.59. The van der Waals surface area contributed by atoms with Crippen LogP contribution in [0.15, 0.2) is 6.33 Å². The molecule has 0 atom stereocenters. The molecule has 0 aliphatic carbocycles. The van der Waals surface area contributed by atoms with Gasteiger partial charge in [-0.05, 0) is 12.8 Å². The molecule has 1 saturated heterocycles. The van der Waals surface area contributed by atoms with Crippen molar-refractivity contribution >= 4 is 38.8 Å². The standard InChI is InChI=1S/C12H16N6O2S.C2HF3O2/c1-20-9-8-10(15-6-14-9)21-11(16-8)17-12(19)18-4-2-7(13)3-5-18;3-2(4,5)1(6)7/h6-7H,2-5,13H2,1H3,(H,16,17,19);(H,6,7). The molecule has 0 aromatic carbocycles. The molecule has 1 aliphatic heterocycles. The number of nitrogens with zero attached hydrogens (tertiary/aromatic N) is 4. The molecule has 0 spiro atoms. The number of carboxylic acids is 1. The van der Waals surface area contributed by atoms with Crippen LogP contribution < -0.4 is 15.8 Å². The number of aromatic nitrogens is 3. The molecule has 3 rings (SSSR count). The summed E-state index contributed by atoms with van der Waals surface area (Å²) in [5.41, 5.74) is 6.39. The predicted molar refractivity (Wildman–Crippen MR) is 93.3 cm³/mol. The predicted octanol–water partition coefficient (Wildman–Crippen LogP) is 1.68. The van der Waals surface area contributed by atoms with E-state index in [4.69, 9.17) is 20.4 Å². The van der Waals surface area contributed by atoms with E-state index >= 15 is 0 Å². The summed E-state index contributed by atoms with van der Waals surface area (Å²) in [4.78, 5) is 35.9. The monoisotopic (exact) mass is 422 g/mol. The number of carbonyl (C=O) groups is 2. The Hall–Kier alpha value is -2.74. The van der Waals surface area contributed by atoms with Gasteiger partial charge in [0.15, 0.2) is 15.5 Å². The van der Waals surface area contributed by atoms with E-state index in [9.17, 15) is 18.0 Å². The van der Waals surface area contributed by atoms with Crippen LogP contribution in [0.4, 0.5) is 23.1 Å². The lowest BCUT2D eigenvalue weighted by atomic mass is 10.1. The van der Waals surface area contributed by atoms with Gasteiger partial charge in [-0.2, -0.15) is 18.2 Å². The smallest absolute Gasteiger partial charge is 0.479 e. The number of carbonyl (C=O) groups excluding carboxylic acids is 1. The van der Waals surface area contributed by atoms with Crippen LogP contribution in [0.3, 0.4) is 0 Å². The van der Waals surface area contributed by atoms with Gasteiger partial charge in [-0.3, -0.25) is 5.32 Å². The summed E-state index contributed by atoms with van der Waals surface area (Å²) < 4.78 is 36.9. The van der Waals surface area contributed by atoms with Crippen LogP contribution in [-0.2, 0) is 4.79 Å². The number of aliphatic carboxylic acids is 1. The van der Waals surface area contributed by atoms with Crippen LogP contribution in [0.5, 0.6) is 5.88 Å². The number of carboxylic acid groups (broad SMARTS) is 1. The number of piperidine rings is 1. The summed E-state index contributed by atoms with van der Waals surface area (Å²) in [5, 5.41) is 10.4. The number of amides is 2. The van der Waals surface area contributed by atoms with E-state index in [-0.39, 0.29) is 12.1 Å². The number of hydrogen-bond donors (Lipinski definition) is 3. The fourth-order valence-corrected chi connectivity index (χ4v) is 3.00. The molecule has 1 aliphatic rings. The van der Waals surface area contributed by atoms with E-state index in [1.807, 2.05) is 0 Å². The minimum atomic E-state index is -5.08. The summed E-state index contributed by atoms with van der Waals surface area (Å²) in [6, 6.07) is 0.0314. The molecule has 2 aromatic heterocycles. The molecule has 0 saturated carbocycles. The van der Waals surface area contributed by atoms with Crippen LogP contribution in [0.25, 0.3) is 10.3 Å². The first kappa shape index (κ1) is 21.6. The maximum absolute atomic E-state index is 12.2. The number of halogens is 3. The van der Waals surface area contributed by atoms with Gasteiger partial charge in [0.25, 0.3) is 0 Å². The number of likely N-dealkylation sites (tertiary alicyclic amines) is 1. The number of urea groups is 1. The van der Waals surface area contributed by atoms with Gasteiger partial charge in [0.2, 0.25) is 5.88 Å². The number of rotatable bonds is 2. The lowest BCUT2D eigenvalue weighted by molar-refractivity contribution is -0.192. The Morgan fingerprint density at radius 1 is 1.36 bits per heavy atom. The number of alkyl halides is 3. The van der Waals surface area contributed by atoms with Crippen molar-refractivity contribution in [2.75, 3.05) is 25.5 Å². The SMILES string of the molecule is COc1ncnc2sc(NC(=O)N3CCC(N)CC3)nc12.O=C(O)C(F)(F)F. The Labute approximate surface area is 160 Å². The molecule has 0 unspecified atom stereocenters. The van der Waals surface area contributed by atoms with Crippen LogP contribution in [0.1, 0.15) is 12.8 Å². The van der Waals surface area contributed by atoms with Gasteiger partial charge >= 0.3 is 18.2 Å². The highest BCUT2D eigenvalue weighted by Crippen LogP contribution is 2.29. The van der Waals surface area contributed by atoms with Gasteiger partial charge in [0.05, 0.1) is 7.11 Å². The Morgan fingerprint density at radius 2 is 1.96 bits per heavy atom. The van der Waals surface area contributed by atoms with Crippen molar-refractivity contribution in [3.8, 4) is 5.88 Å². The summed E-state index contributed by atoms with van der Waals surface area (Å²) in [6.45, 7) is 1.34. The van der Waals surface area contributed by atoms with Crippen LogP contribution in [0, 0.1) is 0 Å². The van der Waals surface area contributed by atoms with E-state index < -0.39 is 12.1 Å². The molecule has 3 heterocycles. The van der Waals surface area contributed by atoms with Gasteiger partial charge in [-0.25, -0.2) is 19.6 Å². The van der Waals surface area contributed by atoms with Crippen molar-refractivity contribution in [1.82, 2.24) is 19.9 Å². The van der Waals surface area contributed by atoms with E-state index in [0.717, 1.165) is 12.8 Å². The summed E-state index contributed by atoms with van der Waals surface area (Å²) in [5.74, 6) is -2.35. The molecule has 28 heavy (non-hydrogen) atoms. The number of nitrogens with one attached hydrogen (secondary N) is 1. The van der Waals surface area contributed by atoms with E-state index in [0.29, 0.717) is 34.4 Å². The van der Waals surface area contributed by atoms with Crippen molar-refractivity contribution in [2.45, 2.75) is 25.1 Å². The average molecular weight is 422 g/mol. The summed E-state index contributed by atoms with van der Waals surface area (Å²) >= 11 is 1.29. The highest BCUT2D eigenvalue weighted by Gasteiger charge is 2.38. The summed E-state index contributed by atoms with van der Waals surface area (Å²) in [7, 11) is 1.52. The van der Waals surface area contributed by atoms with Gasteiger partial charge in [0, 0.05) is 19.1 Å². The molecule has 2 aromatic rings. The zero-order chi connectivity index (χ0) is 20.9. The van der Waals surface area contributed by atoms with Crippen molar-refractivity contribution < 1.29 is 32.6 Å². The topological polar surface area (TPSA) is 144 Å². The van der Waals surface area contributed by atoms with Crippen molar-refractivity contribution in [3.63, 3.8) is 0 Å². The number of fused-ring (bicyclic) bond motifs is 1. The molecule has 0 radical (unpaired) electrons. The molecule has 154 valence electrons. The second kappa shape index (κ2) is 8.97. The fraction of sp³-hybridized carbons (Fsp3) is 0.500. The number of thiazole rings is 1. The quantitative estimate of drug-likeness (QED) is 0.663. The number of anilines is 1. The van der Waals surface area contributed by atoms with Gasteiger partial charge in [0.1, 0.15) is 6.33 Å². The van der Waals surface area contributed by atoms with E-state index in [1.54, 1.807) is 4.90 Å². The van der Waals surface area contributed by atoms with Crippen molar-refractivity contribution in [1.29, 1.82) is 0 Å². The first-order chi connectivity index (χ1) is 13.1. The zero-order valence-corrected chi connectivity index (χ0v) is 15.4. The highest BCUT2D eigenvalue weighted by atomic mass is 32.1. The van der Waals surface area contributed by atoms with Gasteiger partial charge in [-0.1, -0.05) is 11.3 Å². The number of ether oxygens (including phenoxy) is 1. The van der Waals surface area contributed by atoms with Crippen LogP contribution >= 0.6 is 11.3 Å². The second-order valence-electron chi connectivity index (χ2n) is 5.61. The van der Waals surface area contributed by atoms with E-state index in [1.165, 1.54) is 24.8 Å². The minimum absolute atomic E-state index is 0.159. The van der Waals surface area contributed by atoms with Gasteiger partial charge < -0.3 is 20.5 Å². The fourth-order valence-electron chi connectivity index (χ4n) is 2.21. The molecular weight excluding hydrogens is 405 g/mol. The Morgan fingerprint density at radius 3 is 2.50 bits per heavy atom. The molecule has 10 nitrogen and oxygen atoms in total. The van der Waals surface area contributed by atoms with Crippen molar-refractivity contribution in [3.05, 3.63) is 6.33 Å². The highest BCUT2D eigenvalue weighted by molar-refractivity contribution is 7.22. The minimum Gasteiger partial charge on any atom is -0.479 e. The number of nitrogens with two attached hydrogens (primary N) is 1. The normalized spacial score (nSPS) is 15.0. The Kier molecular flexibility index (Phi) is 6.90. The maximum Gasteiger partial charge on any atom is 0.490 e. The molecule has 0 bridgehead atoms. The Balaban J connectivity index is 0.000000345. The lowest BCUT2D eigenvalue weighted by Gasteiger charge is -2.29. The molecule has 1 fully saturated rings. The average Bonchev–Trinajstić information content (AvgIpc) is 3.04. The summed E-state index contributed by atoms with van der Waals surface area (Å²) in [6.07, 6.45) is -2.02. The third-order valence-electron chi connectivity index (χ3n) is 3.64. The third-order valence-corrected chi connectivity index (χ3v) is 4.52. The Bertz CT molecular complexity index is 838. The number of hydrogen-bond acceptors (Lipinski definition) is 8. The molecule has 14 heteroatoms. The lowest BCUT2D eigenvalue weighted by Crippen LogP contribution is -2.44. The van der Waals surface area contributed by atoms with Gasteiger partial charge in [-0.15, -0.1) is 0 Å². The zero-order valence-electron chi connectivity index (χ0n) is 14.6. The maximum atomic E-state index is 12.2. The molecule has 4 N–H and O–H groups in total. The van der Waals surface area contributed by atoms with Crippen LogP contribution in [0.2, 0.25) is 0 Å². The molecule has 2 amide bonds.